The third-order valence-corrected chi connectivity index (χ3v) is 3.16. The number of anilines is 2. The molecule has 2 aromatic rings. The van der Waals surface area contributed by atoms with Crippen molar-refractivity contribution in [3.05, 3.63) is 6.33 Å². The number of hydrogen-bond acceptors (Lipinski definition) is 6. The predicted molar refractivity (Wildman–Crippen MR) is 77.0 cm³/mol. The molecule has 104 valence electrons. The molecule has 4 N–H and O–H groups in total. The van der Waals surface area contributed by atoms with Gasteiger partial charge in [-0.3, -0.25) is 0 Å². The number of aromatic nitrogens is 4. The van der Waals surface area contributed by atoms with E-state index in [1.165, 1.54) is 0 Å². The van der Waals surface area contributed by atoms with Crippen LogP contribution in [0.3, 0.4) is 0 Å². The zero-order chi connectivity index (χ0) is 13.8. The zero-order valence-corrected chi connectivity index (χ0v) is 11.6. The van der Waals surface area contributed by atoms with Gasteiger partial charge < -0.3 is 20.9 Å². The van der Waals surface area contributed by atoms with Gasteiger partial charge in [-0.25, -0.2) is 4.98 Å². The fourth-order valence-corrected chi connectivity index (χ4v) is 1.77. The Morgan fingerprint density at radius 3 is 2.95 bits per heavy atom. The van der Waals surface area contributed by atoms with Crippen LogP contribution < -0.4 is 11.1 Å². The van der Waals surface area contributed by atoms with Crippen LogP contribution in [0, 0.1) is 0 Å². The molecule has 0 radical (unpaired) electrons. The van der Waals surface area contributed by atoms with Crippen LogP contribution in [0.5, 0.6) is 0 Å². The number of imidazole rings is 1. The molecule has 0 aliphatic rings. The van der Waals surface area contributed by atoms with E-state index in [0.29, 0.717) is 17.5 Å². The van der Waals surface area contributed by atoms with E-state index in [4.69, 9.17) is 5.73 Å². The molecule has 0 atom stereocenters. The lowest BCUT2D eigenvalue weighted by molar-refractivity contribution is 0.273. The molecule has 2 aromatic heterocycles. The smallest absolute Gasteiger partial charge is 0.224 e. The SMILES string of the molecule is CC(C)N(C)CCCNc1nc(N)nc2nc[nH]c12. The average molecular weight is 263 g/mol. The molecule has 7 heteroatoms. The molecule has 7 nitrogen and oxygen atoms in total. The topological polar surface area (TPSA) is 95.8 Å². The first-order chi connectivity index (χ1) is 9.08. The molecule has 0 aliphatic heterocycles. The van der Waals surface area contributed by atoms with E-state index in [-0.39, 0.29) is 5.95 Å². The Balaban J connectivity index is 1.93. The van der Waals surface area contributed by atoms with Crippen LogP contribution in [0.25, 0.3) is 11.2 Å². The number of fused-ring (bicyclic) bond motifs is 1. The van der Waals surface area contributed by atoms with Crippen molar-refractivity contribution in [2.45, 2.75) is 26.3 Å². The van der Waals surface area contributed by atoms with Crippen LogP contribution in [0.2, 0.25) is 0 Å². The normalized spacial score (nSPS) is 11.6. The van der Waals surface area contributed by atoms with Crippen molar-refractivity contribution >= 4 is 22.9 Å². The van der Waals surface area contributed by atoms with Gasteiger partial charge in [-0.05, 0) is 33.9 Å². The molecule has 0 saturated heterocycles. The van der Waals surface area contributed by atoms with Crippen LogP contribution in [0.1, 0.15) is 20.3 Å². The summed E-state index contributed by atoms with van der Waals surface area (Å²) in [6.45, 7) is 6.25. The van der Waals surface area contributed by atoms with Gasteiger partial charge in [0.2, 0.25) is 5.95 Å². The summed E-state index contributed by atoms with van der Waals surface area (Å²) in [6, 6.07) is 0.564. The standard InChI is InChI=1S/C12H21N7/c1-8(2)19(3)6-4-5-14-10-9-11(16-7-15-9)18-12(13)17-10/h7-8H,4-6H2,1-3H3,(H4,13,14,15,16,17,18). The highest BCUT2D eigenvalue weighted by Gasteiger charge is 2.08. The van der Waals surface area contributed by atoms with Gasteiger partial charge in [0.1, 0.15) is 5.52 Å². The molecule has 0 unspecified atom stereocenters. The fourth-order valence-electron chi connectivity index (χ4n) is 1.77. The van der Waals surface area contributed by atoms with Crippen LogP contribution in [-0.4, -0.2) is 51.0 Å². The van der Waals surface area contributed by atoms with Crippen molar-refractivity contribution in [2.24, 2.45) is 0 Å². The van der Waals surface area contributed by atoms with E-state index in [2.05, 4.69) is 51.0 Å². The number of nitrogens with one attached hydrogen (secondary N) is 2. The van der Waals surface area contributed by atoms with Gasteiger partial charge in [0.25, 0.3) is 0 Å². The number of nitrogens with zero attached hydrogens (tertiary/aromatic N) is 4. The predicted octanol–water partition coefficient (Wildman–Crippen LogP) is 1.08. The summed E-state index contributed by atoms with van der Waals surface area (Å²) in [5.74, 6) is 0.952. The molecule has 0 aliphatic carbocycles. The van der Waals surface area contributed by atoms with Crippen LogP contribution in [0.4, 0.5) is 11.8 Å². The van der Waals surface area contributed by atoms with Gasteiger partial charge in [-0.15, -0.1) is 0 Å². The van der Waals surface area contributed by atoms with E-state index in [1.807, 2.05) is 0 Å². The summed E-state index contributed by atoms with van der Waals surface area (Å²) in [4.78, 5) is 17.7. The Hall–Kier alpha value is -1.89. The lowest BCUT2D eigenvalue weighted by Gasteiger charge is -2.20. The van der Waals surface area contributed by atoms with Crippen molar-refractivity contribution in [2.75, 3.05) is 31.2 Å². The monoisotopic (exact) mass is 263 g/mol. The largest absolute Gasteiger partial charge is 0.368 e. The quantitative estimate of drug-likeness (QED) is 0.675. The first-order valence-corrected chi connectivity index (χ1v) is 6.48. The zero-order valence-electron chi connectivity index (χ0n) is 11.6. The van der Waals surface area contributed by atoms with Crippen molar-refractivity contribution < 1.29 is 0 Å². The minimum atomic E-state index is 0.237. The van der Waals surface area contributed by atoms with E-state index in [1.54, 1.807) is 6.33 Å². The lowest BCUT2D eigenvalue weighted by atomic mass is 10.3. The number of hydrogen-bond donors (Lipinski definition) is 3. The third-order valence-electron chi connectivity index (χ3n) is 3.16. The molecule has 0 spiro atoms. The van der Waals surface area contributed by atoms with Gasteiger partial charge >= 0.3 is 0 Å². The third kappa shape index (κ3) is 3.31. The molecule has 2 rings (SSSR count). The first-order valence-electron chi connectivity index (χ1n) is 6.48. The second-order valence-electron chi connectivity index (χ2n) is 4.89. The molecule has 0 bridgehead atoms. The summed E-state index contributed by atoms with van der Waals surface area (Å²) in [5.41, 5.74) is 7.04. The van der Waals surface area contributed by atoms with Gasteiger partial charge in [0.15, 0.2) is 11.5 Å². The number of rotatable bonds is 6. The molecule has 0 fully saturated rings. The van der Waals surface area contributed by atoms with Crippen LogP contribution >= 0.6 is 0 Å². The highest BCUT2D eigenvalue weighted by atomic mass is 15.1. The summed E-state index contributed by atoms with van der Waals surface area (Å²) >= 11 is 0. The van der Waals surface area contributed by atoms with E-state index >= 15 is 0 Å². The Morgan fingerprint density at radius 1 is 1.42 bits per heavy atom. The number of aromatic amines is 1. The Kier molecular flexibility index (Phi) is 4.16. The average Bonchev–Trinajstić information content (AvgIpc) is 2.81. The van der Waals surface area contributed by atoms with Gasteiger partial charge in [0, 0.05) is 12.6 Å². The maximum absolute atomic E-state index is 5.65. The maximum atomic E-state index is 5.65. The summed E-state index contributed by atoms with van der Waals surface area (Å²) in [7, 11) is 2.13. The van der Waals surface area contributed by atoms with E-state index in [9.17, 15) is 0 Å². The van der Waals surface area contributed by atoms with Crippen molar-refractivity contribution in [3.63, 3.8) is 0 Å². The van der Waals surface area contributed by atoms with Crippen molar-refractivity contribution in [3.8, 4) is 0 Å². The summed E-state index contributed by atoms with van der Waals surface area (Å²) in [6.07, 6.45) is 2.63. The van der Waals surface area contributed by atoms with E-state index in [0.717, 1.165) is 25.0 Å². The number of H-pyrrole nitrogens is 1. The van der Waals surface area contributed by atoms with E-state index < -0.39 is 0 Å². The molecular formula is C12H21N7. The van der Waals surface area contributed by atoms with Crippen molar-refractivity contribution in [1.82, 2.24) is 24.8 Å². The van der Waals surface area contributed by atoms with Gasteiger partial charge in [0.05, 0.1) is 6.33 Å². The number of nitrogen functional groups attached to an aromatic ring is 1. The van der Waals surface area contributed by atoms with Crippen LogP contribution in [0.15, 0.2) is 6.33 Å². The Bertz CT molecular complexity index is 534. The molecular weight excluding hydrogens is 242 g/mol. The maximum Gasteiger partial charge on any atom is 0.224 e. The van der Waals surface area contributed by atoms with Crippen LogP contribution in [-0.2, 0) is 0 Å². The molecule has 0 amide bonds. The fraction of sp³-hybridized carbons (Fsp3) is 0.583. The first kappa shape index (κ1) is 13.5. The molecule has 0 aromatic carbocycles. The number of nitrogens with two attached hydrogens (primary N) is 1. The van der Waals surface area contributed by atoms with Crippen molar-refractivity contribution in [1.29, 1.82) is 0 Å². The second-order valence-corrected chi connectivity index (χ2v) is 4.89. The minimum absolute atomic E-state index is 0.237. The Morgan fingerprint density at radius 2 is 2.21 bits per heavy atom. The molecule has 19 heavy (non-hydrogen) atoms. The lowest BCUT2D eigenvalue weighted by Crippen LogP contribution is -2.28. The second kappa shape index (κ2) is 5.83. The highest BCUT2D eigenvalue weighted by molar-refractivity contribution is 5.83. The molecule has 0 saturated carbocycles. The highest BCUT2D eigenvalue weighted by Crippen LogP contribution is 2.16. The van der Waals surface area contributed by atoms with Gasteiger partial charge in [-0.2, -0.15) is 9.97 Å². The Labute approximate surface area is 112 Å². The summed E-state index contributed by atoms with van der Waals surface area (Å²) < 4.78 is 0. The molecule has 2 heterocycles. The minimum Gasteiger partial charge on any atom is -0.368 e. The summed E-state index contributed by atoms with van der Waals surface area (Å²) in [5, 5.41) is 3.28. The van der Waals surface area contributed by atoms with Gasteiger partial charge in [-0.1, -0.05) is 0 Å².